The number of benzene rings is 2. The number of ether oxygens (including phenoxy) is 1. The van der Waals surface area contributed by atoms with Gasteiger partial charge in [0.2, 0.25) is 0 Å². The SMILES string of the molecule is CCNC1CC(c2ccccc2F)Oc2cc(F)ccc21. The van der Waals surface area contributed by atoms with E-state index in [2.05, 4.69) is 5.32 Å². The molecule has 0 fully saturated rings. The van der Waals surface area contributed by atoms with Crippen LogP contribution in [0.2, 0.25) is 0 Å². The fourth-order valence-electron chi connectivity index (χ4n) is 2.81. The Morgan fingerprint density at radius 2 is 1.95 bits per heavy atom. The largest absolute Gasteiger partial charge is 0.485 e. The Bertz CT molecular complexity index is 644. The van der Waals surface area contributed by atoms with Crippen molar-refractivity contribution in [2.75, 3.05) is 6.54 Å². The van der Waals surface area contributed by atoms with Crippen LogP contribution >= 0.6 is 0 Å². The zero-order valence-corrected chi connectivity index (χ0v) is 11.8. The summed E-state index contributed by atoms with van der Waals surface area (Å²) in [6.45, 7) is 2.79. The first kappa shape index (κ1) is 14.0. The molecule has 2 atom stereocenters. The quantitative estimate of drug-likeness (QED) is 0.917. The molecule has 0 saturated heterocycles. The van der Waals surface area contributed by atoms with Crippen molar-refractivity contribution in [3.05, 3.63) is 65.2 Å². The first-order valence-electron chi connectivity index (χ1n) is 7.13. The van der Waals surface area contributed by atoms with Gasteiger partial charge < -0.3 is 10.1 Å². The highest BCUT2D eigenvalue weighted by Crippen LogP contribution is 2.41. The van der Waals surface area contributed by atoms with E-state index in [1.165, 1.54) is 18.2 Å². The lowest BCUT2D eigenvalue weighted by molar-refractivity contribution is 0.147. The third kappa shape index (κ3) is 2.76. The average molecular weight is 289 g/mol. The number of fused-ring (bicyclic) bond motifs is 1. The van der Waals surface area contributed by atoms with Crippen molar-refractivity contribution < 1.29 is 13.5 Å². The van der Waals surface area contributed by atoms with Gasteiger partial charge in [-0.25, -0.2) is 8.78 Å². The zero-order valence-electron chi connectivity index (χ0n) is 11.8. The lowest BCUT2D eigenvalue weighted by atomic mass is 9.92. The van der Waals surface area contributed by atoms with Gasteiger partial charge in [0.05, 0.1) is 0 Å². The minimum absolute atomic E-state index is 0.0314. The van der Waals surface area contributed by atoms with Gasteiger partial charge in [-0.3, -0.25) is 0 Å². The Labute approximate surface area is 122 Å². The van der Waals surface area contributed by atoms with Crippen molar-refractivity contribution >= 4 is 0 Å². The molecule has 2 unspecified atom stereocenters. The molecule has 1 heterocycles. The Hall–Kier alpha value is -1.94. The molecule has 0 saturated carbocycles. The van der Waals surface area contributed by atoms with Crippen molar-refractivity contribution in [1.82, 2.24) is 5.32 Å². The van der Waals surface area contributed by atoms with E-state index >= 15 is 0 Å². The molecule has 2 aromatic rings. The molecule has 0 bridgehead atoms. The molecule has 3 rings (SSSR count). The highest BCUT2D eigenvalue weighted by atomic mass is 19.1. The highest BCUT2D eigenvalue weighted by molar-refractivity contribution is 5.40. The van der Waals surface area contributed by atoms with Gasteiger partial charge in [0.15, 0.2) is 0 Å². The van der Waals surface area contributed by atoms with E-state index in [1.807, 2.05) is 6.92 Å². The predicted octanol–water partition coefficient (Wildman–Crippen LogP) is 4.14. The summed E-state index contributed by atoms with van der Waals surface area (Å²) in [6.07, 6.45) is 0.206. The normalized spacial score (nSPS) is 20.7. The maximum absolute atomic E-state index is 14.0. The zero-order chi connectivity index (χ0) is 14.8. The Balaban J connectivity index is 1.98. The standard InChI is InChI=1S/C17H17F2NO/c1-2-20-15-10-17(12-5-3-4-6-14(12)19)21-16-9-11(18)7-8-13(15)16/h3-9,15,17,20H,2,10H2,1H3. The first-order chi connectivity index (χ1) is 10.2. The topological polar surface area (TPSA) is 21.3 Å². The molecule has 0 amide bonds. The molecule has 1 N–H and O–H groups in total. The van der Waals surface area contributed by atoms with E-state index < -0.39 is 6.10 Å². The van der Waals surface area contributed by atoms with Crippen LogP contribution in [0.1, 0.15) is 36.6 Å². The van der Waals surface area contributed by atoms with Crippen LogP contribution in [0.4, 0.5) is 8.78 Å². The number of rotatable bonds is 3. The van der Waals surface area contributed by atoms with Crippen LogP contribution in [0.3, 0.4) is 0 Å². The van der Waals surface area contributed by atoms with Gasteiger partial charge in [0, 0.05) is 29.7 Å². The smallest absolute Gasteiger partial charge is 0.130 e. The summed E-state index contributed by atoms with van der Waals surface area (Å²) in [7, 11) is 0. The maximum Gasteiger partial charge on any atom is 0.130 e. The molecule has 21 heavy (non-hydrogen) atoms. The highest BCUT2D eigenvalue weighted by Gasteiger charge is 2.30. The van der Waals surface area contributed by atoms with E-state index in [4.69, 9.17) is 4.74 Å². The third-order valence-corrected chi connectivity index (χ3v) is 3.77. The summed E-state index contributed by atoms with van der Waals surface area (Å²) in [5.41, 5.74) is 1.43. The van der Waals surface area contributed by atoms with Crippen LogP contribution in [-0.2, 0) is 0 Å². The fourth-order valence-corrected chi connectivity index (χ4v) is 2.81. The van der Waals surface area contributed by atoms with E-state index in [0.29, 0.717) is 17.7 Å². The summed E-state index contributed by atoms with van der Waals surface area (Å²) in [4.78, 5) is 0. The van der Waals surface area contributed by atoms with Crippen molar-refractivity contribution in [1.29, 1.82) is 0 Å². The molecule has 4 heteroatoms. The number of hydrogen-bond donors (Lipinski definition) is 1. The van der Waals surface area contributed by atoms with E-state index in [9.17, 15) is 8.78 Å². The van der Waals surface area contributed by atoms with Crippen LogP contribution in [0.25, 0.3) is 0 Å². The molecule has 0 spiro atoms. The summed E-state index contributed by atoms with van der Waals surface area (Å²) in [5.74, 6) is -0.156. The van der Waals surface area contributed by atoms with Crippen LogP contribution in [0, 0.1) is 11.6 Å². The van der Waals surface area contributed by atoms with Crippen molar-refractivity contribution in [3.8, 4) is 5.75 Å². The van der Waals surface area contributed by atoms with Crippen LogP contribution < -0.4 is 10.1 Å². The number of halogens is 2. The van der Waals surface area contributed by atoms with Crippen molar-refractivity contribution in [2.24, 2.45) is 0 Å². The van der Waals surface area contributed by atoms with Gasteiger partial charge in [0.1, 0.15) is 23.5 Å². The molecule has 0 aromatic heterocycles. The molecular formula is C17H17F2NO. The number of hydrogen-bond acceptors (Lipinski definition) is 2. The molecular weight excluding hydrogens is 272 g/mol. The lowest BCUT2D eigenvalue weighted by Gasteiger charge is -2.33. The van der Waals surface area contributed by atoms with Gasteiger partial charge in [-0.1, -0.05) is 31.2 Å². The average Bonchev–Trinajstić information content (AvgIpc) is 2.47. The first-order valence-corrected chi connectivity index (χ1v) is 7.13. The van der Waals surface area contributed by atoms with Crippen molar-refractivity contribution in [3.63, 3.8) is 0 Å². The fraction of sp³-hybridized carbons (Fsp3) is 0.294. The van der Waals surface area contributed by atoms with Crippen molar-refractivity contribution in [2.45, 2.75) is 25.5 Å². The molecule has 110 valence electrons. The Kier molecular flexibility index (Phi) is 3.88. The Morgan fingerprint density at radius 3 is 2.71 bits per heavy atom. The summed E-state index contributed by atoms with van der Waals surface area (Å²) in [6, 6.07) is 11.1. The predicted molar refractivity (Wildman–Crippen MR) is 77.2 cm³/mol. The second-order valence-corrected chi connectivity index (χ2v) is 5.16. The maximum atomic E-state index is 14.0. The second kappa shape index (κ2) is 5.82. The molecule has 0 aliphatic carbocycles. The van der Waals surface area contributed by atoms with Gasteiger partial charge in [-0.05, 0) is 18.7 Å². The van der Waals surface area contributed by atoms with E-state index in [1.54, 1.807) is 24.3 Å². The second-order valence-electron chi connectivity index (χ2n) is 5.16. The molecule has 0 radical (unpaired) electrons. The number of nitrogens with one attached hydrogen (secondary N) is 1. The van der Waals surface area contributed by atoms with Gasteiger partial charge >= 0.3 is 0 Å². The summed E-state index contributed by atoms with van der Waals surface area (Å²) in [5, 5.41) is 3.35. The van der Waals surface area contributed by atoms with Crippen LogP contribution in [0.5, 0.6) is 5.75 Å². The summed E-state index contributed by atoms with van der Waals surface area (Å²) >= 11 is 0. The molecule has 2 nitrogen and oxygen atoms in total. The Morgan fingerprint density at radius 1 is 1.14 bits per heavy atom. The minimum atomic E-state index is -0.412. The van der Waals surface area contributed by atoms with E-state index in [-0.39, 0.29) is 17.7 Å². The van der Waals surface area contributed by atoms with Gasteiger partial charge in [-0.15, -0.1) is 0 Å². The minimum Gasteiger partial charge on any atom is -0.485 e. The van der Waals surface area contributed by atoms with Gasteiger partial charge in [-0.2, -0.15) is 0 Å². The van der Waals surface area contributed by atoms with E-state index in [0.717, 1.165) is 12.1 Å². The lowest BCUT2D eigenvalue weighted by Crippen LogP contribution is -2.29. The summed E-state index contributed by atoms with van der Waals surface area (Å²) < 4.78 is 33.2. The third-order valence-electron chi connectivity index (χ3n) is 3.77. The van der Waals surface area contributed by atoms with Crippen LogP contribution in [0.15, 0.2) is 42.5 Å². The monoisotopic (exact) mass is 289 g/mol. The van der Waals surface area contributed by atoms with Gasteiger partial charge in [0.25, 0.3) is 0 Å². The van der Waals surface area contributed by atoms with Crippen LogP contribution in [-0.4, -0.2) is 6.54 Å². The molecule has 1 aliphatic heterocycles. The molecule has 2 aromatic carbocycles. The molecule has 1 aliphatic rings.